The van der Waals surface area contributed by atoms with Crippen molar-refractivity contribution in [3.05, 3.63) is 0 Å². The Balaban J connectivity index is 1.72. The van der Waals surface area contributed by atoms with E-state index in [0.717, 1.165) is 6.54 Å². The topological polar surface area (TPSA) is 69.6 Å². The highest BCUT2D eigenvalue weighted by molar-refractivity contribution is 8.00. The molecule has 1 heterocycles. The Morgan fingerprint density at radius 3 is 2.44 bits per heavy atom. The molecule has 6 heteroatoms. The summed E-state index contributed by atoms with van der Waals surface area (Å²) in [4.78, 5) is 24.5. The predicted octanol–water partition coefficient (Wildman–Crippen LogP) is 1.39. The number of nitrogens with one attached hydrogen (secondary N) is 1. The quantitative estimate of drug-likeness (QED) is 0.811. The van der Waals surface area contributed by atoms with E-state index in [4.69, 9.17) is 5.11 Å². The van der Waals surface area contributed by atoms with Crippen LogP contribution < -0.4 is 5.32 Å². The summed E-state index contributed by atoms with van der Waals surface area (Å²) < 4.78 is 0.273. The number of nitrogens with zero attached hydrogens (tertiary/aromatic N) is 1. The molecule has 0 aromatic heterocycles. The van der Waals surface area contributed by atoms with E-state index in [1.54, 1.807) is 4.90 Å². The first-order valence-corrected chi connectivity index (χ1v) is 7.59. The van der Waals surface area contributed by atoms with Gasteiger partial charge in [0.25, 0.3) is 0 Å². The molecule has 0 atom stereocenters. The monoisotopic (exact) mass is 272 g/mol. The summed E-state index contributed by atoms with van der Waals surface area (Å²) in [6.45, 7) is 1.83. The fourth-order valence-corrected chi connectivity index (χ4v) is 3.00. The molecular formula is C12H20N2O3S. The van der Waals surface area contributed by atoms with Crippen molar-refractivity contribution in [2.45, 2.75) is 30.4 Å². The minimum atomic E-state index is -0.741. The molecule has 2 N–H and O–H groups in total. The van der Waals surface area contributed by atoms with Crippen molar-refractivity contribution in [3.8, 4) is 0 Å². The summed E-state index contributed by atoms with van der Waals surface area (Å²) in [5.41, 5.74) is 0. The van der Waals surface area contributed by atoms with Gasteiger partial charge in [0, 0.05) is 24.4 Å². The number of piperidine rings is 1. The summed E-state index contributed by atoms with van der Waals surface area (Å²) in [6, 6.07) is -0.0424. The van der Waals surface area contributed by atoms with Crippen LogP contribution in [0, 0.1) is 5.92 Å². The summed E-state index contributed by atoms with van der Waals surface area (Å²) in [6.07, 6.45) is 5.56. The van der Waals surface area contributed by atoms with Crippen LogP contribution in [0.3, 0.4) is 0 Å². The highest BCUT2D eigenvalue weighted by atomic mass is 32.2. The van der Waals surface area contributed by atoms with Gasteiger partial charge >= 0.3 is 12.0 Å². The van der Waals surface area contributed by atoms with E-state index >= 15 is 0 Å². The molecule has 2 fully saturated rings. The highest BCUT2D eigenvalue weighted by Crippen LogP contribution is 2.46. The first-order valence-electron chi connectivity index (χ1n) is 6.37. The third-order valence-corrected chi connectivity index (χ3v) is 5.35. The largest absolute Gasteiger partial charge is 0.481 e. The van der Waals surface area contributed by atoms with Gasteiger partial charge in [0.15, 0.2) is 0 Å². The number of hydrogen-bond donors (Lipinski definition) is 2. The Morgan fingerprint density at radius 2 is 2.00 bits per heavy atom. The predicted molar refractivity (Wildman–Crippen MR) is 70.8 cm³/mol. The molecule has 0 aromatic rings. The Morgan fingerprint density at radius 1 is 1.39 bits per heavy atom. The Labute approximate surface area is 111 Å². The summed E-state index contributed by atoms with van der Waals surface area (Å²) in [7, 11) is 0. The molecule has 0 spiro atoms. The number of hydrogen-bond acceptors (Lipinski definition) is 3. The summed E-state index contributed by atoms with van der Waals surface area (Å²) in [5.74, 6) is -1.02. The lowest BCUT2D eigenvalue weighted by atomic mass is 9.97. The number of urea groups is 1. The van der Waals surface area contributed by atoms with Gasteiger partial charge in [0.1, 0.15) is 0 Å². The van der Waals surface area contributed by atoms with Gasteiger partial charge in [0.2, 0.25) is 0 Å². The zero-order valence-electron chi connectivity index (χ0n) is 10.6. The molecule has 0 unspecified atom stereocenters. The lowest BCUT2D eigenvalue weighted by Gasteiger charge is -2.30. The van der Waals surface area contributed by atoms with E-state index in [9.17, 15) is 9.59 Å². The first-order chi connectivity index (χ1) is 8.56. The van der Waals surface area contributed by atoms with Gasteiger partial charge in [-0.1, -0.05) is 0 Å². The van der Waals surface area contributed by atoms with Gasteiger partial charge in [-0.25, -0.2) is 4.79 Å². The van der Waals surface area contributed by atoms with Gasteiger partial charge in [-0.2, -0.15) is 11.8 Å². The summed E-state index contributed by atoms with van der Waals surface area (Å²) >= 11 is 1.82. The SMILES string of the molecule is CSC1(CNC(=O)N2CCC(C(=O)O)CC2)CC1. The van der Waals surface area contributed by atoms with Crippen LogP contribution in [-0.2, 0) is 4.79 Å². The molecule has 0 radical (unpaired) electrons. The molecule has 1 aliphatic carbocycles. The van der Waals surface area contributed by atoms with Crippen molar-refractivity contribution in [1.82, 2.24) is 10.2 Å². The second kappa shape index (κ2) is 5.38. The molecule has 1 saturated heterocycles. The standard InChI is InChI=1S/C12H20N2O3S/c1-18-12(4-5-12)8-13-11(17)14-6-2-9(3-7-14)10(15)16/h9H,2-8H2,1H3,(H,13,17)(H,15,16). The van der Waals surface area contributed by atoms with Gasteiger partial charge < -0.3 is 15.3 Å². The van der Waals surface area contributed by atoms with E-state index in [2.05, 4.69) is 11.6 Å². The fraction of sp³-hybridized carbons (Fsp3) is 0.833. The number of carboxylic acids is 1. The van der Waals surface area contributed by atoms with Crippen molar-refractivity contribution in [2.24, 2.45) is 5.92 Å². The number of likely N-dealkylation sites (tertiary alicyclic amines) is 1. The van der Waals surface area contributed by atoms with Crippen LogP contribution in [0.5, 0.6) is 0 Å². The lowest BCUT2D eigenvalue weighted by molar-refractivity contribution is -0.143. The smallest absolute Gasteiger partial charge is 0.317 e. The zero-order valence-corrected chi connectivity index (χ0v) is 11.5. The van der Waals surface area contributed by atoms with Crippen molar-refractivity contribution < 1.29 is 14.7 Å². The molecule has 102 valence electrons. The van der Waals surface area contributed by atoms with Crippen molar-refractivity contribution in [1.29, 1.82) is 0 Å². The second-order valence-electron chi connectivity index (χ2n) is 5.15. The average Bonchev–Trinajstić information content (AvgIpc) is 3.17. The number of aliphatic carboxylic acids is 1. The number of rotatable bonds is 4. The molecule has 5 nitrogen and oxygen atoms in total. The normalized spacial score (nSPS) is 22.6. The zero-order chi connectivity index (χ0) is 13.2. The molecule has 2 aliphatic rings. The van der Waals surface area contributed by atoms with E-state index in [0.29, 0.717) is 25.9 Å². The number of carbonyl (C=O) groups is 2. The molecule has 2 rings (SSSR count). The molecule has 0 bridgehead atoms. The van der Waals surface area contributed by atoms with Crippen LogP contribution in [0.2, 0.25) is 0 Å². The number of amides is 2. The second-order valence-corrected chi connectivity index (χ2v) is 6.42. The van der Waals surface area contributed by atoms with E-state index in [-0.39, 0.29) is 16.7 Å². The number of carboxylic acid groups (broad SMARTS) is 1. The third kappa shape index (κ3) is 3.10. The van der Waals surface area contributed by atoms with Crippen molar-refractivity contribution in [3.63, 3.8) is 0 Å². The average molecular weight is 272 g/mol. The minimum Gasteiger partial charge on any atom is -0.481 e. The molecular weight excluding hydrogens is 252 g/mol. The van der Waals surface area contributed by atoms with Crippen LogP contribution in [0.25, 0.3) is 0 Å². The van der Waals surface area contributed by atoms with E-state index in [1.807, 2.05) is 11.8 Å². The van der Waals surface area contributed by atoms with E-state index in [1.165, 1.54) is 12.8 Å². The van der Waals surface area contributed by atoms with Gasteiger partial charge in [0.05, 0.1) is 5.92 Å². The van der Waals surface area contributed by atoms with Crippen molar-refractivity contribution >= 4 is 23.8 Å². The highest BCUT2D eigenvalue weighted by Gasteiger charge is 2.42. The molecule has 1 saturated carbocycles. The first kappa shape index (κ1) is 13.5. The van der Waals surface area contributed by atoms with Crippen LogP contribution in [0.15, 0.2) is 0 Å². The summed E-state index contributed by atoms with van der Waals surface area (Å²) in [5, 5.41) is 11.9. The fourth-order valence-electron chi connectivity index (χ4n) is 2.27. The molecule has 0 aromatic carbocycles. The van der Waals surface area contributed by atoms with Crippen LogP contribution in [-0.4, -0.2) is 52.6 Å². The lowest BCUT2D eigenvalue weighted by Crippen LogP contribution is -2.47. The van der Waals surface area contributed by atoms with Crippen LogP contribution in [0.4, 0.5) is 4.79 Å². The van der Waals surface area contributed by atoms with E-state index < -0.39 is 5.97 Å². The Bertz CT molecular complexity index is 336. The molecule has 18 heavy (non-hydrogen) atoms. The Hall–Kier alpha value is -0.910. The van der Waals surface area contributed by atoms with Gasteiger partial charge in [-0.3, -0.25) is 4.79 Å². The minimum absolute atomic E-state index is 0.0424. The maximum atomic E-state index is 11.9. The Kier molecular flexibility index (Phi) is 4.04. The van der Waals surface area contributed by atoms with Crippen LogP contribution in [0.1, 0.15) is 25.7 Å². The third-order valence-electron chi connectivity index (χ3n) is 3.93. The van der Waals surface area contributed by atoms with Crippen LogP contribution >= 0.6 is 11.8 Å². The number of carbonyl (C=O) groups excluding carboxylic acids is 1. The molecule has 2 amide bonds. The maximum Gasteiger partial charge on any atom is 0.317 e. The van der Waals surface area contributed by atoms with Gasteiger partial charge in [-0.05, 0) is 31.9 Å². The maximum absolute atomic E-state index is 11.9. The number of thioether (sulfide) groups is 1. The molecule has 1 aliphatic heterocycles. The van der Waals surface area contributed by atoms with Crippen molar-refractivity contribution in [2.75, 3.05) is 25.9 Å². The van der Waals surface area contributed by atoms with Gasteiger partial charge in [-0.15, -0.1) is 0 Å².